The molecule has 2 amide bonds. The van der Waals surface area contributed by atoms with Crippen LogP contribution in [-0.2, 0) is 4.79 Å². The number of amides is 2. The molecule has 2 aromatic rings. The van der Waals surface area contributed by atoms with Crippen LogP contribution in [-0.4, -0.2) is 25.0 Å². The number of para-hydroxylation sites is 1. The number of ether oxygens (including phenoxy) is 2. The summed E-state index contributed by atoms with van der Waals surface area (Å²) in [6.45, 7) is 1.45. The first-order valence-corrected chi connectivity index (χ1v) is 7.16. The van der Waals surface area contributed by atoms with Crippen molar-refractivity contribution in [1.29, 1.82) is 0 Å². The Morgan fingerprint density at radius 1 is 1.04 bits per heavy atom. The Kier molecular flexibility index (Phi) is 5.73. The number of halogens is 1. The van der Waals surface area contributed by atoms with Gasteiger partial charge in [0.15, 0.2) is 17.7 Å². The number of hydrogen-bond donors (Lipinski definition) is 2. The zero-order valence-electron chi connectivity index (χ0n) is 13.2. The summed E-state index contributed by atoms with van der Waals surface area (Å²) in [7, 11) is 1.52. The minimum absolute atomic E-state index is 0.0402. The summed E-state index contributed by atoms with van der Waals surface area (Å²) >= 11 is 0. The van der Waals surface area contributed by atoms with Gasteiger partial charge in [0.25, 0.3) is 11.8 Å². The number of carbonyl (C=O) groups excluding carboxylic acids is 2. The molecule has 2 rings (SSSR count). The van der Waals surface area contributed by atoms with E-state index >= 15 is 0 Å². The van der Waals surface area contributed by atoms with Gasteiger partial charge in [-0.15, -0.1) is 0 Å². The second-order valence-corrected chi connectivity index (χ2v) is 4.86. The smallest absolute Gasteiger partial charge is 0.279 e. The molecule has 0 saturated carbocycles. The summed E-state index contributed by atoms with van der Waals surface area (Å²) < 4.78 is 23.7. The maximum atomic E-state index is 13.5. The van der Waals surface area contributed by atoms with Crippen LogP contribution in [0.25, 0.3) is 0 Å². The molecular formula is C17H17FN2O4. The van der Waals surface area contributed by atoms with Crippen molar-refractivity contribution in [3.63, 3.8) is 0 Å². The Hall–Kier alpha value is -3.09. The molecule has 0 radical (unpaired) electrons. The highest BCUT2D eigenvalue weighted by molar-refractivity contribution is 5.95. The lowest BCUT2D eigenvalue weighted by atomic mass is 10.2. The van der Waals surface area contributed by atoms with Crippen LogP contribution in [0.3, 0.4) is 0 Å². The van der Waals surface area contributed by atoms with Crippen LogP contribution in [0.4, 0.5) is 4.39 Å². The Morgan fingerprint density at radius 3 is 2.33 bits per heavy atom. The van der Waals surface area contributed by atoms with E-state index < -0.39 is 23.7 Å². The van der Waals surface area contributed by atoms with Crippen LogP contribution >= 0.6 is 0 Å². The van der Waals surface area contributed by atoms with Crippen LogP contribution in [0.5, 0.6) is 11.5 Å². The number of methoxy groups -OCH3 is 1. The summed E-state index contributed by atoms with van der Waals surface area (Å²) in [5, 5.41) is 0. The standard InChI is InChI=1S/C17H17FN2O4/c1-11(24-15-6-4-3-5-14(15)18)16(21)19-20-17(22)12-7-9-13(23-2)10-8-12/h3-11H,1-2H3,(H,19,21)(H,20,22)/t11-/m1/s1. The molecule has 1 atom stereocenters. The van der Waals surface area contributed by atoms with E-state index in [0.717, 1.165) is 0 Å². The molecule has 0 bridgehead atoms. The van der Waals surface area contributed by atoms with E-state index in [0.29, 0.717) is 11.3 Å². The first-order chi connectivity index (χ1) is 11.5. The van der Waals surface area contributed by atoms with E-state index in [4.69, 9.17) is 9.47 Å². The normalized spacial score (nSPS) is 11.3. The average Bonchev–Trinajstić information content (AvgIpc) is 2.61. The average molecular weight is 332 g/mol. The van der Waals surface area contributed by atoms with E-state index in [1.54, 1.807) is 30.3 Å². The highest BCUT2D eigenvalue weighted by atomic mass is 19.1. The minimum Gasteiger partial charge on any atom is -0.497 e. The monoisotopic (exact) mass is 332 g/mol. The first kappa shape index (κ1) is 17.3. The van der Waals surface area contributed by atoms with Gasteiger partial charge in [0, 0.05) is 5.56 Å². The quantitative estimate of drug-likeness (QED) is 0.822. The Balaban J connectivity index is 1.87. The lowest BCUT2D eigenvalue weighted by molar-refractivity contribution is -0.128. The summed E-state index contributed by atoms with van der Waals surface area (Å²) in [4.78, 5) is 23.8. The summed E-state index contributed by atoms with van der Waals surface area (Å²) in [5.41, 5.74) is 4.84. The van der Waals surface area contributed by atoms with Crippen molar-refractivity contribution in [2.45, 2.75) is 13.0 Å². The maximum Gasteiger partial charge on any atom is 0.279 e. The van der Waals surface area contributed by atoms with Gasteiger partial charge in [-0.3, -0.25) is 20.4 Å². The molecule has 0 saturated heterocycles. The van der Waals surface area contributed by atoms with Crippen molar-refractivity contribution in [3.05, 3.63) is 59.9 Å². The van der Waals surface area contributed by atoms with Gasteiger partial charge in [-0.1, -0.05) is 12.1 Å². The van der Waals surface area contributed by atoms with Gasteiger partial charge in [0.1, 0.15) is 5.75 Å². The number of hydrogen-bond acceptors (Lipinski definition) is 4. The van der Waals surface area contributed by atoms with Gasteiger partial charge >= 0.3 is 0 Å². The third-order valence-corrected chi connectivity index (χ3v) is 3.16. The van der Waals surface area contributed by atoms with Gasteiger partial charge in [0.2, 0.25) is 0 Å². The number of hydrazine groups is 1. The van der Waals surface area contributed by atoms with Gasteiger partial charge in [-0.05, 0) is 43.3 Å². The Morgan fingerprint density at radius 2 is 1.71 bits per heavy atom. The van der Waals surface area contributed by atoms with Crippen LogP contribution in [0.2, 0.25) is 0 Å². The van der Waals surface area contributed by atoms with E-state index in [1.165, 1.54) is 32.2 Å². The van der Waals surface area contributed by atoms with Crippen molar-refractivity contribution in [1.82, 2.24) is 10.9 Å². The van der Waals surface area contributed by atoms with Crippen molar-refractivity contribution in [2.75, 3.05) is 7.11 Å². The predicted molar refractivity (Wildman–Crippen MR) is 85.1 cm³/mol. The van der Waals surface area contributed by atoms with Crippen LogP contribution < -0.4 is 20.3 Å². The molecule has 2 N–H and O–H groups in total. The molecule has 0 heterocycles. The van der Waals surface area contributed by atoms with Gasteiger partial charge in [-0.2, -0.15) is 0 Å². The summed E-state index contributed by atoms with van der Waals surface area (Å²) in [5.74, 6) is -1.10. The zero-order chi connectivity index (χ0) is 17.5. The fraction of sp³-hybridized carbons (Fsp3) is 0.176. The van der Waals surface area contributed by atoms with Gasteiger partial charge in [-0.25, -0.2) is 4.39 Å². The maximum absolute atomic E-state index is 13.5. The molecule has 0 aliphatic carbocycles. The van der Waals surface area contributed by atoms with Crippen LogP contribution in [0.15, 0.2) is 48.5 Å². The largest absolute Gasteiger partial charge is 0.497 e. The summed E-state index contributed by atoms with van der Waals surface area (Å²) in [6.07, 6.45) is -0.988. The highest BCUT2D eigenvalue weighted by Gasteiger charge is 2.17. The fourth-order valence-electron chi connectivity index (χ4n) is 1.82. The molecule has 0 fully saturated rings. The molecular weight excluding hydrogens is 315 g/mol. The second kappa shape index (κ2) is 7.96. The number of carbonyl (C=O) groups is 2. The van der Waals surface area contributed by atoms with Crippen molar-refractivity contribution in [2.24, 2.45) is 0 Å². The minimum atomic E-state index is -0.988. The van der Waals surface area contributed by atoms with Crippen LogP contribution in [0.1, 0.15) is 17.3 Å². The summed E-state index contributed by atoms with van der Waals surface area (Å²) in [6, 6.07) is 12.1. The SMILES string of the molecule is COc1ccc(C(=O)NNC(=O)[C@@H](C)Oc2ccccc2F)cc1. The van der Waals surface area contributed by atoms with Gasteiger partial charge in [0.05, 0.1) is 7.11 Å². The zero-order valence-corrected chi connectivity index (χ0v) is 13.2. The molecule has 126 valence electrons. The van der Waals surface area contributed by atoms with Crippen LogP contribution in [0, 0.1) is 5.82 Å². The first-order valence-electron chi connectivity index (χ1n) is 7.16. The van der Waals surface area contributed by atoms with Crippen molar-refractivity contribution < 1.29 is 23.5 Å². The van der Waals surface area contributed by atoms with E-state index in [9.17, 15) is 14.0 Å². The van der Waals surface area contributed by atoms with E-state index in [2.05, 4.69) is 10.9 Å². The molecule has 0 aliphatic heterocycles. The number of benzene rings is 2. The lowest BCUT2D eigenvalue weighted by Crippen LogP contribution is -2.47. The molecule has 7 heteroatoms. The molecule has 0 spiro atoms. The van der Waals surface area contributed by atoms with Crippen molar-refractivity contribution in [3.8, 4) is 11.5 Å². The molecule has 0 unspecified atom stereocenters. The molecule has 0 aromatic heterocycles. The highest BCUT2D eigenvalue weighted by Crippen LogP contribution is 2.17. The molecule has 6 nitrogen and oxygen atoms in total. The predicted octanol–water partition coefficient (Wildman–Crippen LogP) is 2.06. The third-order valence-electron chi connectivity index (χ3n) is 3.16. The fourth-order valence-corrected chi connectivity index (χ4v) is 1.82. The molecule has 2 aromatic carbocycles. The molecule has 0 aliphatic rings. The van der Waals surface area contributed by atoms with E-state index in [1.807, 2.05) is 0 Å². The van der Waals surface area contributed by atoms with E-state index in [-0.39, 0.29) is 5.75 Å². The Bertz CT molecular complexity index is 719. The molecule has 24 heavy (non-hydrogen) atoms. The van der Waals surface area contributed by atoms with Gasteiger partial charge < -0.3 is 9.47 Å². The topological polar surface area (TPSA) is 76.7 Å². The number of rotatable bonds is 5. The lowest BCUT2D eigenvalue weighted by Gasteiger charge is -2.15. The number of nitrogens with one attached hydrogen (secondary N) is 2. The Labute approximate surface area is 138 Å². The third kappa shape index (κ3) is 4.45. The van der Waals surface area contributed by atoms with Crippen molar-refractivity contribution >= 4 is 11.8 Å². The second-order valence-electron chi connectivity index (χ2n) is 4.86.